The number of anilines is 1. The Balaban J connectivity index is 2.08. The number of esters is 1. The van der Waals surface area contributed by atoms with E-state index in [0.29, 0.717) is 23.0 Å². The molecule has 2 rings (SSSR count). The van der Waals surface area contributed by atoms with E-state index in [0.717, 1.165) is 12.8 Å². The predicted molar refractivity (Wildman–Crippen MR) is 79.5 cm³/mol. The summed E-state index contributed by atoms with van der Waals surface area (Å²) >= 11 is 1.33. The van der Waals surface area contributed by atoms with Crippen LogP contribution in [0.4, 0.5) is 11.5 Å². The number of aromatic nitrogens is 1. The second-order valence-electron chi connectivity index (χ2n) is 5.07. The van der Waals surface area contributed by atoms with E-state index in [-0.39, 0.29) is 17.1 Å². The second-order valence-corrected chi connectivity index (χ2v) is 6.03. The third-order valence-electron chi connectivity index (χ3n) is 3.51. The predicted octanol–water partition coefficient (Wildman–Crippen LogP) is 2.47. The van der Waals surface area contributed by atoms with E-state index in [1.165, 1.54) is 24.9 Å². The summed E-state index contributed by atoms with van der Waals surface area (Å²) in [5, 5.41) is 14.3. The lowest BCUT2D eigenvalue weighted by atomic mass is 10.1. The number of hydrogen-bond acceptors (Lipinski definition) is 7. The number of thioether (sulfide) groups is 1. The van der Waals surface area contributed by atoms with Gasteiger partial charge < -0.3 is 10.1 Å². The Bertz CT molecular complexity index is 560. The van der Waals surface area contributed by atoms with E-state index in [9.17, 15) is 14.9 Å². The van der Waals surface area contributed by atoms with Crippen LogP contribution in [0, 0.1) is 15.5 Å². The molecule has 0 aliphatic heterocycles. The minimum Gasteiger partial charge on any atom is -0.469 e. The summed E-state index contributed by atoms with van der Waals surface area (Å²) in [5.41, 5.74) is -0.101. The zero-order valence-corrected chi connectivity index (χ0v) is 12.7. The molecule has 1 fully saturated rings. The lowest BCUT2D eigenvalue weighted by Crippen LogP contribution is -2.13. The van der Waals surface area contributed by atoms with Crippen molar-refractivity contribution in [3.63, 3.8) is 0 Å². The Morgan fingerprint density at radius 1 is 1.57 bits per heavy atom. The van der Waals surface area contributed by atoms with Crippen molar-refractivity contribution in [1.82, 2.24) is 4.98 Å². The zero-order chi connectivity index (χ0) is 15.5. The van der Waals surface area contributed by atoms with Crippen LogP contribution in [-0.2, 0) is 9.53 Å². The highest BCUT2D eigenvalue weighted by Crippen LogP contribution is 2.52. The zero-order valence-electron chi connectivity index (χ0n) is 11.9. The van der Waals surface area contributed by atoms with Crippen molar-refractivity contribution in [2.24, 2.45) is 5.41 Å². The third kappa shape index (κ3) is 3.84. The molecule has 1 aromatic rings. The first-order valence-corrected chi connectivity index (χ1v) is 7.51. The molecule has 0 spiro atoms. The Morgan fingerprint density at radius 2 is 2.29 bits per heavy atom. The van der Waals surface area contributed by atoms with E-state index >= 15 is 0 Å². The molecule has 0 aromatic carbocycles. The van der Waals surface area contributed by atoms with Gasteiger partial charge in [0, 0.05) is 18.9 Å². The Morgan fingerprint density at radius 3 is 2.81 bits per heavy atom. The van der Waals surface area contributed by atoms with Crippen molar-refractivity contribution >= 4 is 29.2 Å². The molecule has 7 nitrogen and oxygen atoms in total. The molecule has 1 N–H and O–H groups in total. The van der Waals surface area contributed by atoms with E-state index in [4.69, 9.17) is 4.74 Å². The highest BCUT2D eigenvalue weighted by atomic mass is 32.2. The van der Waals surface area contributed by atoms with Crippen LogP contribution >= 0.6 is 11.8 Å². The van der Waals surface area contributed by atoms with Gasteiger partial charge in [0.15, 0.2) is 5.03 Å². The second kappa shape index (κ2) is 6.30. The molecule has 1 aliphatic rings. The fourth-order valence-electron chi connectivity index (χ4n) is 1.97. The van der Waals surface area contributed by atoms with Crippen LogP contribution in [0.5, 0.6) is 0 Å². The minimum absolute atomic E-state index is 0.00660. The topological polar surface area (TPSA) is 94.4 Å². The summed E-state index contributed by atoms with van der Waals surface area (Å²) in [7, 11) is 3.08. The van der Waals surface area contributed by atoms with Crippen LogP contribution < -0.4 is 5.32 Å². The summed E-state index contributed by atoms with van der Waals surface area (Å²) in [5.74, 6) is 0.976. The first-order chi connectivity index (χ1) is 9.99. The van der Waals surface area contributed by atoms with Gasteiger partial charge in [0.05, 0.1) is 18.5 Å². The summed E-state index contributed by atoms with van der Waals surface area (Å²) in [6.45, 7) is 0. The molecule has 0 saturated heterocycles. The average molecular weight is 311 g/mol. The Hall–Kier alpha value is -1.83. The molecule has 1 aromatic heterocycles. The van der Waals surface area contributed by atoms with Gasteiger partial charge in [-0.1, -0.05) is 11.8 Å². The quantitative estimate of drug-likeness (QED) is 0.358. The number of carbonyl (C=O) groups is 1. The molecule has 0 unspecified atom stereocenters. The summed E-state index contributed by atoms with van der Waals surface area (Å²) in [4.78, 5) is 26.2. The molecular formula is C13H17N3O4S. The number of methoxy groups -OCH3 is 1. The van der Waals surface area contributed by atoms with Crippen LogP contribution in [0.1, 0.15) is 19.3 Å². The molecule has 1 aliphatic carbocycles. The number of nitro groups is 1. The molecule has 1 heterocycles. The molecule has 21 heavy (non-hydrogen) atoms. The number of hydrogen-bond donors (Lipinski definition) is 1. The van der Waals surface area contributed by atoms with Gasteiger partial charge in [-0.25, -0.2) is 4.98 Å². The number of nitrogens with one attached hydrogen (secondary N) is 1. The highest BCUT2D eigenvalue weighted by molar-refractivity contribution is 7.99. The standard InChI is InChI=1S/C13H17N3O4S/c1-14-10-4-3-9(16(18)19)12(15-10)21-8-13(5-6-13)7-11(17)20-2/h3-4H,5-8H2,1-2H3,(H,14,15). The first-order valence-electron chi connectivity index (χ1n) is 6.52. The Labute approximate surface area is 126 Å². The van der Waals surface area contributed by atoms with Crippen LogP contribution in [0.2, 0.25) is 0 Å². The van der Waals surface area contributed by atoms with E-state index in [1.807, 2.05) is 0 Å². The maximum absolute atomic E-state index is 11.4. The van der Waals surface area contributed by atoms with Crippen molar-refractivity contribution in [2.75, 3.05) is 25.2 Å². The van der Waals surface area contributed by atoms with Gasteiger partial charge in [-0.2, -0.15) is 0 Å². The average Bonchev–Trinajstić information content (AvgIpc) is 3.24. The molecule has 0 amide bonds. The van der Waals surface area contributed by atoms with Crippen molar-refractivity contribution < 1.29 is 14.5 Å². The lowest BCUT2D eigenvalue weighted by Gasteiger charge is -2.13. The molecular weight excluding hydrogens is 294 g/mol. The smallest absolute Gasteiger partial charge is 0.306 e. The van der Waals surface area contributed by atoms with Gasteiger partial charge in [-0.15, -0.1) is 0 Å². The van der Waals surface area contributed by atoms with E-state index < -0.39 is 4.92 Å². The maximum Gasteiger partial charge on any atom is 0.306 e. The van der Waals surface area contributed by atoms with Gasteiger partial charge in [-0.05, 0) is 24.3 Å². The third-order valence-corrected chi connectivity index (χ3v) is 4.84. The number of nitrogens with zero attached hydrogens (tertiary/aromatic N) is 2. The molecule has 0 radical (unpaired) electrons. The first kappa shape index (κ1) is 15.6. The molecule has 8 heteroatoms. The number of rotatable bonds is 7. The van der Waals surface area contributed by atoms with Crippen molar-refractivity contribution in [1.29, 1.82) is 0 Å². The van der Waals surface area contributed by atoms with Crippen molar-refractivity contribution in [3.05, 3.63) is 22.2 Å². The lowest BCUT2D eigenvalue weighted by molar-refractivity contribution is -0.388. The Kier molecular flexibility index (Phi) is 4.66. The monoisotopic (exact) mass is 311 g/mol. The fourth-order valence-corrected chi connectivity index (χ4v) is 3.25. The van der Waals surface area contributed by atoms with Crippen molar-refractivity contribution in [2.45, 2.75) is 24.3 Å². The maximum atomic E-state index is 11.4. The van der Waals surface area contributed by atoms with Crippen LogP contribution in [-0.4, -0.2) is 35.8 Å². The van der Waals surface area contributed by atoms with Crippen LogP contribution in [0.15, 0.2) is 17.2 Å². The molecule has 0 bridgehead atoms. The largest absolute Gasteiger partial charge is 0.469 e. The van der Waals surface area contributed by atoms with Crippen LogP contribution in [0.25, 0.3) is 0 Å². The molecule has 114 valence electrons. The van der Waals surface area contributed by atoms with Gasteiger partial charge in [0.2, 0.25) is 0 Å². The van der Waals surface area contributed by atoms with Gasteiger partial charge in [0.1, 0.15) is 5.82 Å². The number of carbonyl (C=O) groups excluding carboxylic acids is 1. The normalized spacial score (nSPS) is 15.3. The van der Waals surface area contributed by atoms with Gasteiger partial charge >= 0.3 is 11.7 Å². The van der Waals surface area contributed by atoms with Crippen LogP contribution in [0.3, 0.4) is 0 Å². The van der Waals surface area contributed by atoms with E-state index in [2.05, 4.69) is 10.3 Å². The number of ether oxygens (including phenoxy) is 1. The molecule has 0 atom stereocenters. The van der Waals surface area contributed by atoms with Crippen molar-refractivity contribution in [3.8, 4) is 0 Å². The fraction of sp³-hybridized carbons (Fsp3) is 0.538. The SMILES string of the molecule is CNc1ccc([N+](=O)[O-])c(SCC2(CC(=O)OC)CC2)n1. The van der Waals surface area contributed by atoms with Gasteiger partial charge in [0.25, 0.3) is 0 Å². The molecule has 1 saturated carbocycles. The number of pyridine rings is 1. The summed E-state index contributed by atoms with van der Waals surface area (Å²) in [6.07, 6.45) is 2.24. The summed E-state index contributed by atoms with van der Waals surface area (Å²) in [6, 6.07) is 3.02. The van der Waals surface area contributed by atoms with Gasteiger partial charge in [-0.3, -0.25) is 14.9 Å². The minimum atomic E-state index is -0.436. The highest BCUT2D eigenvalue weighted by Gasteiger charge is 2.45. The summed E-state index contributed by atoms with van der Waals surface area (Å²) < 4.78 is 4.69. The van der Waals surface area contributed by atoms with E-state index in [1.54, 1.807) is 13.1 Å².